The molecule has 5 nitrogen and oxygen atoms in total. The number of benzene rings is 3. The monoisotopic (exact) mass is 426 g/mol. The number of hydrogen-bond acceptors (Lipinski definition) is 4. The van der Waals surface area contributed by atoms with Crippen LogP contribution in [0.2, 0.25) is 0 Å². The van der Waals surface area contributed by atoms with Gasteiger partial charge in [0, 0.05) is 5.69 Å². The molecule has 1 aliphatic heterocycles. The molecule has 1 N–H and O–H groups in total. The van der Waals surface area contributed by atoms with Gasteiger partial charge in [0.25, 0.3) is 11.8 Å². The number of hydrogen-bond donors (Lipinski definition) is 1. The van der Waals surface area contributed by atoms with Gasteiger partial charge < -0.3 is 10.1 Å². The summed E-state index contributed by atoms with van der Waals surface area (Å²) in [7, 11) is 0. The SMILES string of the molecule is Cc1ccc(C2=C(Nc3ccccc3)C(=O)N(c3ccccc3OC(C)C)C2=O)c(C)c1. The molecule has 0 bridgehead atoms. The first-order valence-corrected chi connectivity index (χ1v) is 10.6. The number of nitrogens with one attached hydrogen (secondary N) is 1. The molecule has 0 aliphatic carbocycles. The fourth-order valence-corrected chi connectivity index (χ4v) is 3.87. The number of anilines is 2. The van der Waals surface area contributed by atoms with Gasteiger partial charge in [0.05, 0.1) is 17.4 Å². The van der Waals surface area contributed by atoms with Crippen LogP contribution in [0.15, 0.2) is 78.5 Å². The van der Waals surface area contributed by atoms with Crippen molar-refractivity contribution in [3.8, 4) is 5.75 Å². The first kappa shape index (κ1) is 21.4. The first-order chi connectivity index (χ1) is 15.4. The Morgan fingerprint density at radius 1 is 0.844 bits per heavy atom. The first-order valence-electron chi connectivity index (χ1n) is 10.6. The lowest BCUT2D eigenvalue weighted by Gasteiger charge is -2.20. The van der Waals surface area contributed by atoms with Crippen LogP contribution in [0.5, 0.6) is 5.75 Å². The Morgan fingerprint density at radius 2 is 1.53 bits per heavy atom. The van der Waals surface area contributed by atoms with Crippen LogP contribution in [0, 0.1) is 13.8 Å². The highest BCUT2D eigenvalue weighted by molar-refractivity contribution is 6.46. The van der Waals surface area contributed by atoms with Crippen LogP contribution >= 0.6 is 0 Å². The molecule has 1 heterocycles. The number of carbonyl (C=O) groups is 2. The fraction of sp³-hybridized carbons (Fsp3) is 0.185. The summed E-state index contributed by atoms with van der Waals surface area (Å²) in [6.45, 7) is 7.77. The fourth-order valence-electron chi connectivity index (χ4n) is 3.87. The van der Waals surface area contributed by atoms with Crippen molar-refractivity contribution in [1.29, 1.82) is 0 Å². The Kier molecular flexibility index (Phi) is 5.82. The minimum absolute atomic E-state index is 0.0994. The van der Waals surface area contributed by atoms with Crippen molar-refractivity contribution in [2.45, 2.75) is 33.8 Å². The molecule has 2 amide bonds. The molecule has 0 radical (unpaired) electrons. The highest BCUT2D eigenvalue weighted by Crippen LogP contribution is 2.39. The van der Waals surface area contributed by atoms with E-state index in [9.17, 15) is 9.59 Å². The zero-order valence-corrected chi connectivity index (χ0v) is 18.7. The second kappa shape index (κ2) is 8.71. The molecule has 0 aromatic heterocycles. The standard InChI is InChI=1S/C27H26N2O3/c1-17(2)32-23-13-9-8-12-22(23)29-26(30)24(21-15-14-18(3)16-19(21)4)25(27(29)31)28-20-10-6-5-7-11-20/h5-17,28H,1-4H3. The third kappa shape index (κ3) is 4.02. The van der Waals surface area contributed by atoms with Crippen molar-refractivity contribution in [3.05, 3.63) is 95.2 Å². The van der Waals surface area contributed by atoms with Gasteiger partial charge in [0.15, 0.2) is 0 Å². The molecule has 0 fully saturated rings. The molecule has 0 spiro atoms. The van der Waals surface area contributed by atoms with E-state index >= 15 is 0 Å². The number of carbonyl (C=O) groups excluding carboxylic acids is 2. The van der Waals surface area contributed by atoms with E-state index in [-0.39, 0.29) is 17.7 Å². The minimum atomic E-state index is -0.409. The van der Waals surface area contributed by atoms with Crippen LogP contribution in [0.1, 0.15) is 30.5 Å². The van der Waals surface area contributed by atoms with Crippen LogP contribution in [-0.2, 0) is 9.59 Å². The minimum Gasteiger partial charge on any atom is -0.489 e. The molecule has 3 aromatic carbocycles. The highest BCUT2D eigenvalue weighted by atomic mass is 16.5. The number of ether oxygens (including phenoxy) is 1. The third-order valence-electron chi connectivity index (χ3n) is 5.25. The van der Waals surface area contributed by atoms with E-state index in [0.717, 1.165) is 22.4 Å². The molecule has 4 rings (SSSR count). The predicted octanol–water partition coefficient (Wildman–Crippen LogP) is 5.49. The lowest BCUT2D eigenvalue weighted by Crippen LogP contribution is -2.33. The smallest absolute Gasteiger partial charge is 0.282 e. The van der Waals surface area contributed by atoms with Crippen molar-refractivity contribution in [1.82, 2.24) is 0 Å². The van der Waals surface area contributed by atoms with E-state index in [1.807, 2.05) is 82.3 Å². The van der Waals surface area contributed by atoms with Crippen molar-refractivity contribution >= 4 is 28.8 Å². The Hall–Kier alpha value is -3.86. The molecule has 3 aromatic rings. The van der Waals surface area contributed by atoms with Gasteiger partial charge in [-0.15, -0.1) is 0 Å². The summed E-state index contributed by atoms with van der Waals surface area (Å²) in [6.07, 6.45) is -0.0994. The lowest BCUT2D eigenvalue weighted by atomic mass is 9.97. The summed E-state index contributed by atoms with van der Waals surface area (Å²) in [5.41, 5.74) is 4.54. The van der Waals surface area contributed by atoms with Crippen molar-refractivity contribution in [2.24, 2.45) is 0 Å². The zero-order chi connectivity index (χ0) is 22.8. The normalized spacial score (nSPS) is 13.8. The molecule has 0 saturated heterocycles. The van der Waals surface area contributed by atoms with E-state index in [1.54, 1.807) is 18.2 Å². The van der Waals surface area contributed by atoms with E-state index in [4.69, 9.17) is 4.74 Å². The molecule has 0 unspecified atom stereocenters. The summed E-state index contributed by atoms with van der Waals surface area (Å²) >= 11 is 0. The number of nitrogens with zero attached hydrogens (tertiary/aromatic N) is 1. The van der Waals surface area contributed by atoms with E-state index in [0.29, 0.717) is 17.0 Å². The highest BCUT2D eigenvalue weighted by Gasteiger charge is 2.41. The average molecular weight is 427 g/mol. The van der Waals surface area contributed by atoms with Crippen LogP contribution in [0.4, 0.5) is 11.4 Å². The molecule has 32 heavy (non-hydrogen) atoms. The van der Waals surface area contributed by atoms with Gasteiger partial charge in [-0.2, -0.15) is 0 Å². The second-order valence-corrected chi connectivity index (χ2v) is 8.14. The van der Waals surface area contributed by atoms with Crippen molar-refractivity contribution in [2.75, 3.05) is 10.2 Å². The molecular formula is C27H26N2O3. The average Bonchev–Trinajstić information content (AvgIpc) is 2.99. The Balaban J connectivity index is 1.86. The quantitative estimate of drug-likeness (QED) is 0.530. The van der Waals surface area contributed by atoms with Gasteiger partial charge >= 0.3 is 0 Å². The van der Waals surface area contributed by atoms with E-state index < -0.39 is 5.91 Å². The van der Waals surface area contributed by atoms with Gasteiger partial charge in [-0.3, -0.25) is 9.59 Å². The molecule has 162 valence electrons. The topological polar surface area (TPSA) is 58.6 Å². The number of para-hydroxylation sites is 3. The molecule has 1 aliphatic rings. The van der Waals surface area contributed by atoms with Crippen LogP contribution < -0.4 is 15.0 Å². The van der Waals surface area contributed by atoms with Crippen LogP contribution in [0.3, 0.4) is 0 Å². The summed E-state index contributed by atoms with van der Waals surface area (Å²) < 4.78 is 5.90. The Bertz CT molecular complexity index is 1210. The number of imide groups is 1. The molecule has 0 atom stereocenters. The second-order valence-electron chi connectivity index (χ2n) is 8.14. The van der Waals surface area contributed by atoms with E-state index in [2.05, 4.69) is 5.32 Å². The summed E-state index contributed by atoms with van der Waals surface area (Å²) in [4.78, 5) is 28.6. The summed E-state index contributed by atoms with van der Waals surface area (Å²) in [6, 6.07) is 22.4. The third-order valence-corrected chi connectivity index (χ3v) is 5.25. The lowest BCUT2D eigenvalue weighted by molar-refractivity contribution is -0.120. The van der Waals surface area contributed by atoms with Crippen LogP contribution in [-0.4, -0.2) is 17.9 Å². The number of rotatable bonds is 6. The molecule has 0 saturated carbocycles. The zero-order valence-electron chi connectivity index (χ0n) is 18.7. The van der Waals surface area contributed by atoms with Gasteiger partial charge in [0.2, 0.25) is 0 Å². The Labute approximate surface area is 188 Å². The summed E-state index contributed by atoms with van der Waals surface area (Å²) in [5.74, 6) is -0.293. The Morgan fingerprint density at radius 3 is 2.22 bits per heavy atom. The van der Waals surface area contributed by atoms with Crippen LogP contribution in [0.25, 0.3) is 5.57 Å². The summed E-state index contributed by atoms with van der Waals surface area (Å²) in [5, 5.41) is 3.20. The van der Waals surface area contributed by atoms with Crippen molar-refractivity contribution < 1.29 is 14.3 Å². The van der Waals surface area contributed by atoms with E-state index in [1.165, 1.54) is 4.90 Å². The van der Waals surface area contributed by atoms with Gasteiger partial charge in [-0.05, 0) is 63.1 Å². The molecule has 5 heteroatoms. The largest absolute Gasteiger partial charge is 0.489 e. The maximum atomic E-state index is 13.7. The maximum Gasteiger partial charge on any atom is 0.282 e. The number of aryl methyl sites for hydroxylation is 2. The van der Waals surface area contributed by atoms with Gasteiger partial charge in [-0.25, -0.2) is 4.90 Å². The predicted molar refractivity (Wildman–Crippen MR) is 128 cm³/mol. The van der Waals surface area contributed by atoms with Crippen molar-refractivity contribution in [3.63, 3.8) is 0 Å². The maximum absolute atomic E-state index is 13.7. The van der Waals surface area contributed by atoms with Gasteiger partial charge in [-0.1, -0.05) is 54.1 Å². The van der Waals surface area contributed by atoms with Gasteiger partial charge in [0.1, 0.15) is 11.4 Å². The molecular weight excluding hydrogens is 400 g/mol. The number of amides is 2.